The van der Waals surface area contributed by atoms with E-state index in [1.807, 2.05) is 0 Å². The zero-order valence-electron chi connectivity index (χ0n) is 6.47. The first-order valence-corrected chi connectivity index (χ1v) is 3.65. The van der Waals surface area contributed by atoms with Gasteiger partial charge in [0.1, 0.15) is 0 Å². The highest BCUT2D eigenvalue weighted by Gasteiger charge is 2.06. The average molecular weight is 181 g/mol. The monoisotopic (exact) mass is 181 g/mol. The first kappa shape index (κ1) is 7.91. The molecule has 0 saturated carbocycles. The molecule has 0 bridgehead atoms. The van der Waals surface area contributed by atoms with Gasteiger partial charge in [-0.1, -0.05) is 0 Å². The van der Waals surface area contributed by atoms with E-state index in [2.05, 4.69) is 4.98 Å². The van der Waals surface area contributed by atoms with Crippen LogP contribution in [0.1, 0.15) is 0 Å². The summed E-state index contributed by atoms with van der Waals surface area (Å²) in [5.41, 5.74) is -0.447. The maximum absolute atomic E-state index is 13.1. The molecule has 2 aromatic rings. The second-order valence-electron chi connectivity index (χ2n) is 2.66. The molecule has 66 valence electrons. The van der Waals surface area contributed by atoms with Gasteiger partial charge in [-0.2, -0.15) is 0 Å². The lowest BCUT2D eigenvalue weighted by Crippen LogP contribution is -2.03. The molecule has 0 fully saturated rings. The average Bonchev–Trinajstić information content (AvgIpc) is 2.12. The van der Waals surface area contributed by atoms with Crippen molar-refractivity contribution in [1.82, 2.24) is 4.98 Å². The van der Waals surface area contributed by atoms with Crippen LogP contribution in [-0.2, 0) is 0 Å². The van der Waals surface area contributed by atoms with Crippen LogP contribution < -0.4 is 5.56 Å². The lowest BCUT2D eigenvalue weighted by Gasteiger charge is -1.98. The highest BCUT2D eigenvalue weighted by atomic mass is 19.2. The van der Waals surface area contributed by atoms with Gasteiger partial charge in [-0.25, -0.2) is 8.78 Å². The van der Waals surface area contributed by atoms with Gasteiger partial charge >= 0.3 is 0 Å². The first-order chi connectivity index (χ1) is 6.18. The van der Waals surface area contributed by atoms with Crippen molar-refractivity contribution in [2.24, 2.45) is 0 Å². The number of fused-ring (bicyclic) bond motifs is 1. The maximum atomic E-state index is 13.1. The van der Waals surface area contributed by atoms with Gasteiger partial charge in [0.25, 0.3) is 0 Å². The molecule has 0 radical (unpaired) electrons. The van der Waals surface area contributed by atoms with Gasteiger partial charge in [0.15, 0.2) is 11.6 Å². The fraction of sp³-hybridized carbons (Fsp3) is 0. The van der Waals surface area contributed by atoms with Crippen LogP contribution in [0.3, 0.4) is 0 Å². The van der Waals surface area contributed by atoms with Crippen LogP contribution in [0.15, 0.2) is 29.2 Å². The second-order valence-corrected chi connectivity index (χ2v) is 2.66. The summed E-state index contributed by atoms with van der Waals surface area (Å²) in [4.78, 5) is 13.2. The number of aromatic amines is 1. The number of halogens is 2. The van der Waals surface area contributed by atoms with E-state index in [0.29, 0.717) is 5.39 Å². The minimum atomic E-state index is -0.983. The third-order valence-electron chi connectivity index (χ3n) is 1.81. The number of benzene rings is 1. The fourth-order valence-corrected chi connectivity index (χ4v) is 1.18. The summed E-state index contributed by atoms with van der Waals surface area (Å²) in [6.45, 7) is 0. The Morgan fingerprint density at radius 1 is 1.23 bits per heavy atom. The number of hydrogen-bond donors (Lipinski definition) is 1. The number of H-pyrrole nitrogens is 1. The molecule has 0 unspecified atom stereocenters. The van der Waals surface area contributed by atoms with Gasteiger partial charge in [-0.3, -0.25) is 4.79 Å². The molecule has 0 saturated heterocycles. The van der Waals surface area contributed by atoms with Gasteiger partial charge in [-0.05, 0) is 12.1 Å². The van der Waals surface area contributed by atoms with Crippen LogP contribution in [0.25, 0.3) is 10.8 Å². The summed E-state index contributed by atoms with van der Waals surface area (Å²) in [7, 11) is 0. The summed E-state index contributed by atoms with van der Waals surface area (Å²) >= 11 is 0. The molecule has 0 aliphatic rings. The number of rotatable bonds is 0. The van der Waals surface area contributed by atoms with Crippen molar-refractivity contribution in [1.29, 1.82) is 0 Å². The summed E-state index contributed by atoms with van der Waals surface area (Å²) in [5, 5.41) is 0.474. The largest absolute Gasteiger partial charge is 0.328 e. The Kier molecular flexibility index (Phi) is 1.62. The zero-order chi connectivity index (χ0) is 9.42. The van der Waals surface area contributed by atoms with E-state index in [0.717, 1.165) is 12.1 Å². The Morgan fingerprint density at radius 3 is 2.77 bits per heavy atom. The highest BCUT2D eigenvalue weighted by Crippen LogP contribution is 2.17. The Hall–Kier alpha value is -1.71. The summed E-state index contributed by atoms with van der Waals surface area (Å²) in [6.07, 6.45) is 1.35. The van der Waals surface area contributed by atoms with Gasteiger partial charge in [0, 0.05) is 23.0 Å². The van der Waals surface area contributed by atoms with Crippen molar-refractivity contribution in [3.63, 3.8) is 0 Å². The van der Waals surface area contributed by atoms with Crippen molar-refractivity contribution in [2.45, 2.75) is 0 Å². The molecule has 1 aromatic heterocycles. The lowest BCUT2D eigenvalue weighted by atomic mass is 10.1. The molecule has 0 atom stereocenters. The molecule has 4 heteroatoms. The molecule has 1 heterocycles. The second kappa shape index (κ2) is 2.65. The van der Waals surface area contributed by atoms with Crippen LogP contribution in [0.4, 0.5) is 8.78 Å². The predicted octanol–water partition coefficient (Wildman–Crippen LogP) is 1.81. The van der Waals surface area contributed by atoms with E-state index in [4.69, 9.17) is 0 Å². The maximum Gasteiger partial charge on any atom is 0.248 e. The van der Waals surface area contributed by atoms with Crippen LogP contribution in [-0.4, -0.2) is 4.98 Å². The van der Waals surface area contributed by atoms with Crippen LogP contribution in [0, 0.1) is 11.6 Å². The van der Waals surface area contributed by atoms with Crippen molar-refractivity contribution in [3.05, 3.63) is 46.4 Å². The Balaban J connectivity index is 2.97. The summed E-state index contributed by atoms with van der Waals surface area (Å²) in [6, 6.07) is 3.47. The Bertz CT molecular complexity index is 518. The van der Waals surface area contributed by atoms with Crippen molar-refractivity contribution in [2.75, 3.05) is 0 Å². The van der Waals surface area contributed by atoms with Crippen LogP contribution in [0.2, 0.25) is 0 Å². The molecule has 0 spiro atoms. The van der Waals surface area contributed by atoms with E-state index in [-0.39, 0.29) is 5.39 Å². The minimum absolute atomic E-state index is 0.00347. The standard InChI is InChI=1S/C9H5F2NO/c10-7-2-1-5-4-12-8(13)3-6(5)9(7)11/h1-4H,(H,12,13). The van der Waals surface area contributed by atoms with Crippen molar-refractivity contribution in [3.8, 4) is 0 Å². The van der Waals surface area contributed by atoms with E-state index in [1.165, 1.54) is 12.3 Å². The molecule has 2 nitrogen and oxygen atoms in total. The normalized spacial score (nSPS) is 10.6. The number of nitrogens with one attached hydrogen (secondary N) is 1. The molecule has 2 rings (SSSR count). The Labute approximate surface area is 71.8 Å². The summed E-state index contributed by atoms with van der Waals surface area (Å²) < 4.78 is 25.7. The first-order valence-electron chi connectivity index (χ1n) is 3.65. The molecule has 0 aliphatic heterocycles. The smallest absolute Gasteiger partial charge is 0.248 e. The molecule has 0 amide bonds. The molecule has 13 heavy (non-hydrogen) atoms. The van der Waals surface area contributed by atoms with Gasteiger partial charge in [-0.15, -0.1) is 0 Å². The van der Waals surface area contributed by atoms with Crippen molar-refractivity contribution >= 4 is 10.8 Å². The molecule has 1 N–H and O–H groups in total. The topological polar surface area (TPSA) is 32.9 Å². The third kappa shape index (κ3) is 1.20. The van der Waals surface area contributed by atoms with Crippen LogP contribution >= 0.6 is 0 Å². The van der Waals surface area contributed by atoms with Gasteiger partial charge in [0.05, 0.1) is 0 Å². The van der Waals surface area contributed by atoms with Crippen LogP contribution in [0.5, 0.6) is 0 Å². The summed E-state index contributed by atoms with van der Waals surface area (Å²) in [5.74, 6) is -1.93. The minimum Gasteiger partial charge on any atom is -0.328 e. The lowest BCUT2D eigenvalue weighted by molar-refractivity contribution is 0.517. The van der Waals surface area contributed by atoms with Gasteiger partial charge in [0.2, 0.25) is 5.56 Å². The number of aromatic nitrogens is 1. The highest BCUT2D eigenvalue weighted by molar-refractivity contribution is 5.81. The quantitative estimate of drug-likeness (QED) is 0.660. The number of pyridine rings is 1. The van der Waals surface area contributed by atoms with Crippen molar-refractivity contribution < 1.29 is 8.78 Å². The fourth-order valence-electron chi connectivity index (χ4n) is 1.18. The number of hydrogen-bond acceptors (Lipinski definition) is 1. The van der Waals surface area contributed by atoms with Gasteiger partial charge < -0.3 is 4.98 Å². The van der Waals surface area contributed by atoms with E-state index in [1.54, 1.807) is 0 Å². The predicted molar refractivity (Wildman–Crippen MR) is 44.5 cm³/mol. The van der Waals surface area contributed by atoms with E-state index in [9.17, 15) is 13.6 Å². The van der Waals surface area contributed by atoms with E-state index >= 15 is 0 Å². The molecule has 1 aromatic carbocycles. The molecule has 0 aliphatic carbocycles. The zero-order valence-corrected chi connectivity index (χ0v) is 6.47. The van der Waals surface area contributed by atoms with E-state index < -0.39 is 17.2 Å². The molecular weight excluding hydrogens is 176 g/mol. The SMILES string of the molecule is O=c1cc2c(F)c(F)ccc2c[nH]1. The Morgan fingerprint density at radius 2 is 2.00 bits per heavy atom. The molecular formula is C9H5F2NO. The third-order valence-corrected chi connectivity index (χ3v) is 1.81.